The van der Waals surface area contributed by atoms with Gasteiger partial charge in [0.05, 0.1) is 0 Å². The second-order valence-electron chi connectivity index (χ2n) is 23.7. The Kier molecular flexibility index (Phi) is 10.1. The molecule has 0 spiro atoms. The van der Waals surface area contributed by atoms with Gasteiger partial charge in [0.25, 0.3) is 0 Å². The van der Waals surface area contributed by atoms with E-state index in [9.17, 15) is 0 Å². The van der Waals surface area contributed by atoms with Crippen LogP contribution in [0.2, 0.25) is 0 Å². The molecular formula is C58H84. The van der Waals surface area contributed by atoms with Gasteiger partial charge in [0.1, 0.15) is 0 Å². The molecule has 58 heavy (non-hydrogen) atoms. The Morgan fingerprint density at radius 1 is 0.224 bits per heavy atom. The third-order valence-corrected chi connectivity index (χ3v) is 21.1. The van der Waals surface area contributed by atoms with Crippen molar-refractivity contribution >= 4 is 0 Å². The van der Waals surface area contributed by atoms with Crippen molar-refractivity contribution in [3.63, 3.8) is 0 Å². The van der Waals surface area contributed by atoms with Crippen molar-refractivity contribution in [2.45, 2.75) is 179 Å². The van der Waals surface area contributed by atoms with Crippen molar-refractivity contribution in [3.05, 3.63) is 111 Å². The Labute approximate surface area is 358 Å². The predicted molar refractivity (Wildman–Crippen MR) is 253 cm³/mol. The van der Waals surface area contributed by atoms with Gasteiger partial charge in [-0.15, -0.1) is 0 Å². The van der Waals surface area contributed by atoms with Crippen molar-refractivity contribution in [1.82, 2.24) is 0 Å². The highest BCUT2D eigenvalue weighted by Gasteiger charge is 2.61. The Balaban J connectivity index is 0.000000178. The molecule has 0 saturated carbocycles. The number of hydrogen-bond donors (Lipinski definition) is 0. The van der Waals surface area contributed by atoms with E-state index in [4.69, 9.17) is 0 Å². The van der Waals surface area contributed by atoms with E-state index in [-0.39, 0.29) is 10.8 Å². The van der Waals surface area contributed by atoms with Crippen LogP contribution in [0, 0.1) is 69.0 Å². The fourth-order valence-corrected chi connectivity index (χ4v) is 16.2. The molecular weight excluding hydrogens is 697 g/mol. The van der Waals surface area contributed by atoms with E-state index in [1.54, 1.807) is 111 Å². The van der Waals surface area contributed by atoms with Crippen LogP contribution in [-0.4, -0.2) is 0 Å². The van der Waals surface area contributed by atoms with Crippen LogP contribution in [0.3, 0.4) is 0 Å². The van der Waals surface area contributed by atoms with Crippen LogP contribution in [0.1, 0.15) is 179 Å². The third-order valence-electron chi connectivity index (χ3n) is 21.1. The zero-order valence-electron chi connectivity index (χ0n) is 42.0. The molecule has 316 valence electrons. The Hall–Kier alpha value is -2.60. The summed E-state index contributed by atoms with van der Waals surface area (Å²) in [5.74, 6) is 4.55. The van der Waals surface area contributed by atoms with E-state index in [1.165, 1.54) is 12.8 Å². The standard InChI is InChI=1S/C31H48.C27H36/c1-16-18(3)26-22(20(5)24(16)28(7,8)30(26,11)12)15-23-21(6)25-17(2)19(4)27(23)31(13,14)29(25,9)10;1-12-16(5)26-17(6)13(2)24(12)20(9)22(26)11-23-21(10)25-14(3)18(7)27(23)19(8)15(25)4/h24-27H,15H2,1-14H3;24-27H,11H2,1-10H3. The smallest absolute Gasteiger partial charge is 0.0223 e. The van der Waals surface area contributed by atoms with Gasteiger partial charge in [-0.1, -0.05) is 167 Å². The molecule has 0 saturated heterocycles. The summed E-state index contributed by atoms with van der Waals surface area (Å²) in [5, 5.41) is 0. The van der Waals surface area contributed by atoms with Gasteiger partial charge in [0, 0.05) is 47.3 Å². The molecule has 0 fully saturated rings. The van der Waals surface area contributed by atoms with Gasteiger partial charge in [-0.25, -0.2) is 0 Å². The third kappa shape index (κ3) is 5.23. The van der Waals surface area contributed by atoms with Crippen LogP contribution >= 0.6 is 0 Å². The molecule has 12 aliphatic rings. The molecule has 0 nitrogen and oxygen atoms in total. The molecule has 0 amide bonds. The Bertz CT molecular complexity index is 2040. The average molecular weight is 781 g/mol. The van der Waals surface area contributed by atoms with E-state index < -0.39 is 0 Å². The number of rotatable bonds is 4. The first-order valence-corrected chi connectivity index (χ1v) is 23.3. The van der Waals surface area contributed by atoms with Crippen molar-refractivity contribution in [3.8, 4) is 0 Å². The van der Waals surface area contributed by atoms with Crippen molar-refractivity contribution in [1.29, 1.82) is 0 Å². The van der Waals surface area contributed by atoms with Gasteiger partial charge in [0.2, 0.25) is 0 Å². The molecule has 0 N–H and O–H groups in total. The summed E-state index contributed by atoms with van der Waals surface area (Å²) >= 11 is 0. The van der Waals surface area contributed by atoms with Crippen LogP contribution in [0.25, 0.3) is 0 Å². The van der Waals surface area contributed by atoms with Gasteiger partial charge in [-0.2, -0.15) is 0 Å². The largest absolute Gasteiger partial charge is 0.0661 e. The van der Waals surface area contributed by atoms with Gasteiger partial charge < -0.3 is 0 Å². The van der Waals surface area contributed by atoms with Crippen LogP contribution in [0.5, 0.6) is 0 Å². The molecule has 0 aliphatic heterocycles. The lowest BCUT2D eigenvalue weighted by Crippen LogP contribution is -2.55. The summed E-state index contributed by atoms with van der Waals surface area (Å²) < 4.78 is 0. The van der Waals surface area contributed by atoms with Crippen LogP contribution < -0.4 is 0 Å². The van der Waals surface area contributed by atoms with Gasteiger partial charge in [0.15, 0.2) is 0 Å². The maximum absolute atomic E-state index is 2.55. The minimum Gasteiger partial charge on any atom is -0.0661 e. The summed E-state index contributed by atoms with van der Waals surface area (Å²) in [6.07, 6.45) is 2.36. The lowest BCUT2D eigenvalue weighted by Gasteiger charge is -2.64. The number of fused-ring (bicyclic) bond motifs is 2. The van der Waals surface area contributed by atoms with Crippen molar-refractivity contribution in [2.75, 3.05) is 0 Å². The molecule has 8 bridgehead atoms. The van der Waals surface area contributed by atoms with E-state index in [1.807, 2.05) is 0 Å². The lowest BCUT2D eigenvalue weighted by atomic mass is 9.40. The second-order valence-corrected chi connectivity index (χ2v) is 23.7. The number of allylic oxidation sites excluding steroid dienone is 20. The highest BCUT2D eigenvalue weighted by Crippen LogP contribution is 2.70. The molecule has 0 radical (unpaired) electrons. The summed E-state index contributed by atoms with van der Waals surface area (Å²) in [5.41, 5.74) is 34.3. The molecule has 12 aliphatic carbocycles. The van der Waals surface area contributed by atoms with Gasteiger partial charge in [-0.05, 0) is 145 Å². The molecule has 4 unspecified atom stereocenters. The van der Waals surface area contributed by atoms with E-state index in [2.05, 4.69) is 166 Å². The highest BCUT2D eigenvalue weighted by atomic mass is 14.6. The lowest BCUT2D eigenvalue weighted by molar-refractivity contribution is -0.00179. The number of hydrogen-bond acceptors (Lipinski definition) is 0. The van der Waals surface area contributed by atoms with E-state index >= 15 is 0 Å². The molecule has 0 aromatic carbocycles. The predicted octanol–water partition coefficient (Wildman–Crippen LogP) is 17.2. The maximum Gasteiger partial charge on any atom is 0.0223 e. The Morgan fingerprint density at radius 3 is 0.707 bits per heavy atom. The molecule has 12 rings (SSSR count). The van der Waals surface area contributed by atoms with Crippen molar-refractivity contribution in [2.24, 2.45) is 69.0 Å². The first-order valence-electron chi connectivity index (χ1n) is 23.3. The highest BCUT2D eigenvalue weighted by molar-refractivity contribution is 5.60. The minimum absolute atomic E-state index is 0.286. The molecule has 0 heteroatoms. The van der Waals surface area contributed by atoms with E-state index in [0.29, 0.717) is 58.2 Å². The SMILES string of the molecule is CC1=C(C)C2C(C)=C(C)C1C(C)=C2CC1=C(C)C2C(C)=C(C)C1C(C)=C2C.CC1=C(C)C2C(CC3=C(C)C4C(C)=C(C)C3C(C)(C)C4(C)C)=C(C)C1C(C)(C)C2(C)C. The maximum atomic E-state index is 2.55. The van der Waals surface area contributed by atoms with Gasteiger partial charge >= 0.3 is 0 Å². The topological polar surface area (TPSA) is 0 Å². The first kappa shape index (κ1) is 43.5. The molecule has 4 atom stereocenters. The van der Waals surface area contributed by atoms with Crippen LogP contribution in [0.4, 0.5) is 0 Å². The van der Waals surface area contributed by atoms with Crippen molar-refractivity contribution < 1.29 is 0 Å². The summed E-state index contributed by atoms with van der Waals surface area (Å²) in [7, 11) is 0. The normalized spacial score (nSPS) is 35.6. The first-order chi connectivity index (χ1) is 26.5. The molecule has 0 heterocycles. The van der Waals surface area contributed by atoms with Gasteiger partial charge in [-0.3, -0.25) is 0 Å². The Morgan fingerprint density at radius 2 is 0.431 bits per heavy atom. The monoisotopic (exact) mass is 781 g/mol. The summed E-state index contributed by atoms with van der Waals surface area (Å²) in [4.78, 5) is 0. The minimum atomic E-state index is 0.286. The fourth-order valence-electron chi connectivity index (χ4n) is 16.2. The molecule has 0 aromatic rings. The summed E-state index contributed by atoms with van der Waals surface area (Å²) in [6, 6.07) is 0. The second kappa shape index (κ2) is 13.4. The quantitative estimate of drug-likeness (QED) is 0.249. The molecule has 0 aromatic heterocycles. The van der Waals surface area contributed by atoms with Crippen LogP contribution in [0.15, 0.2) is 111 Å². The zero-order valence-corrected chi connectivity index (χ0v) is 42.0. The van der Waals surface area contributed by atoms with Crippen LogP contribution in [-0.2, 0) is 0 Å². The zero-order chi connectivity index (χ0) is 43.6. The average Bonchev–Trinajstić information content (AvgIpc) is 3.11. The fraction of sp³-hybridized carbons (Fsp3) is 0.655. The van der Waals surface area contributed by atoms with E-state index in [0.717, 1.165) is 0 Å². The summed E-state index contributed by atoms with van der Waals surface area (Å²) in [6.45, 7) is 58.7.